The molecule has 3 aromatic rings. The predicted molar refractivity (Wildman–Crippen MR) is 131 cm³/mol. The van der Waals surface area contributed by atoms with E-state index in [0.717, 1.165) is 11.4 Å². The van der Waals surface area contributed by atoms with Gasteiger partial charge in [0.2, 0.25) is 0 Å². The van der Waals surface area contributed by atoms with Crippen LogP contribution in [0, 0.1) is 5.82 Å². The van der Waals surface area contributed by atoms with Crippen LogP contribution in [0.15, 0.2) is 48.8 Å². The number of rotatable bonds is 8. The average Bonchev–Trinajstić information content (AvgIpc) is 3.29. The van der Waals surface area contributed by atoms with Gasteiger partial charge in [0, 0.05) is 19.6 Å². The molecule has 0 bridgehead atoms. The third-order valence-corrected chi connectivity index (χ3v) is 6.58. The summed E-state index contributed by atoms with van der Waals surface area (Å²) in [6, 6.07) is 6.31. The number of hydrogen-bond acceptors (Lipinski definition) is 5. The predicted octanol–water partition coefficient (Wildman–Crippen LogP) is 6.33. The van der Waals surface area contributed by atoms with Crippen LogP contribution in [0.1, 0.15) is 52.7 Å². The van der Waals surface area contributed by atoms with Gasteiger partial charge in [-0.2, -0.15) is 26.3 Å². The zero-order chi connectivity index (χ0) is 29.2. The number of aromatic amines is 1. The molecule has 6 nitrogen and oxygen atoms in total. The molecule has 1 saturated heterocycles. The first-order valence-electron chi connectivity index (χ1n) is 12.4. The van der Waals surface area contributed by atoms with Crippen molar-refractivity contribution in [2.24, 2.45) is 0 Å². The summed E-state index contributed by atoms with van der Waals surface area (Å²) in [6.45, 7) is 2.90. The first-order valence-corrected chi connectivity index (χ1v) is 12.4. The van der Waals surface area contributed by atoms with E-state index in [4.69, 9.17) is 9.47 Å². The molecule has 40 heavy (non-hydrogen) atoms. The summed E-state index contributed by atoms with van der Waals surface area (Å²) >= 11 is 0. The Hall–Kier alpha value is -3.00. The van der Waals surface area contributed by atoms with Gasteiger partial charge in [-0.15, -0.1) is 0 Å². The monoisotopic (exact) mass is 574 g/mol. The highest BCUT2D eigenvalue weighted by atomic mass is 19.4. The first-order chi connectivity index (χ1) is 18.7. The van der Waals surface area contributed by atoms with E-state index < -0.39 is 47.7 Å². The molecule has 1 aliphatic rings. The Morgan fingerprint density at radius 2 is 1.68 bits per heavy atom. The smallest absolute Gasteiger partial charge is 0.349 e. The number of nitrogens with zero attached hydrogens (tertiary/aromatic N) is 3. The molecule has 1 aliphatic heterocycles. The van der Waals surface area contributed by atoms with Crippen molar-refractivity contribution in [3.8, 4) is 0 Å². The second kappa shape index (κ2) is 11.9. The molecule has 4 rings (SSSR count). The van der Waals surface area contributed by atoms with Crippen LogP contribution in [0.5, 0.6) is 0 Å². The maximum Gasteiger partial charge on any atom is 0.416 e. The number of nitrogens with one attached hydrogen (secondary N) is 1. The van der Waals surface area contributed by atoms with E-state index >= 15 is 0 Å². The van der Waals surface area contributed by atoms with Gasteiger partial charge in [0.25, 0.3) is 0 Å². The van der Waals surface area contributed by atoms with Crippen LogP contribution in [0.25, 0.3) is 0 Å². The van der Waals surface area contributed by atoms with E-state index in [9.17, 15) is 30.7 Å². The van der Waals surface area contributed by atoms with Crippen LogP contribution in [0.3, 0.4) is 0 Å². The molecule has 218 valence electrons. The summed E-state index contributed by atoms with van der Waals surface area (Å²) in [5.74, 6) is -0.470. The molecule has 1 fully saturated rings. The molecular formula is C27H29F7N4O2. The molecule has 3 atom stereocenters. The summed E-state index contributed by atoms with van der Waals surface area (Å²) in [5, 5.41) is 0. The topological polar surface area (TPSA) is 53.6 Å². The molecular weight excluding hydrogens is 545 g/mol. The van der Waals surface area contributed by atoms with Gasteiger partial charge in [-0.25, -0.2) is 9.37 Å². The number of aromatic nitrogens is 2. The Morgan fingerprint density at radius 1 is 1.05 bits per heavy atom. The van der Waals surface area contributed by atoms with Crippen molar-refractivity contribution in [2.75, 3.05) is 27.2 Å². The highest BCUT2D eigenvalue weighted by Gasteiger charge is 2.39. The zero-order valence-corrected chi connectivity index (χ0v) is 22.0. The molecule has 13 heteroatoms. The Kier molecular flexibility index (Phi) is 8.88. The largest absolute Gasteiger partial charge is 0.416 e. The van der Waals surface area contributed by atoms with Crippen molar-refractivity contribution in [2.45, 2.75) is 50.8 Å². The van der Waals surface area contributed by atoms with Crippen LogP contribution >= 0.6 is 0 Å². The molecule has 0 saturated carbocycles. The Bertz CT molecular complexity index is 1240. The summed E-state index contributed by atoms with van der Waals surface area (Å²) in [5.41, 5.74) is -0.933. The van der Waals surface area contributed by atoms with Crippen LogP contribution in [0.4, 0.5) is 30.7 Å². The molecule has 3 unspecified atom stereocenters. The Labute approximate surface area is 226 Å². The fraction of sp³-hybridized carbons (Fsp3) is 0.444. The minimum atomic E-state index is -4.99. The number of H-pyrrole nitrogens is 1. The zero-order valence-electron chi connectivity index (χ0n) is 22.0. The third kappa shape index (κ3) is 7.19. The van der Waals surface area contributed by atoms with E-state index in [1.54, 1.807) is 18.5 Å². The van der Waals surface area contributed by atoms with E-state index in [2.05, 4.69) is 9.97 Å². The fourth-order valence-electron chi connectivity index (χ4n) is 4.63. The molecule has 0 radical (unpaired) electrons. The second-order valence-corrected chi connectivity index (χ2v) is 9.89. The van der Waals surface area contributed by atoms with Gasteiger partial charge in [-0.3, -0.25) is 4.90 Å². The van der Waals surface area contributed by atoms with Crippen LogP contribution in [-0.4, -0.2) is 53.3 Å². The maximum absolute atomic E-state index is 13.7. The molecule has 2 aromatic carbocycles. The van der Waals surface area contributed by atoms with Gasteiger partial charge < -0.3 is 19.4 Å². The van der Waals surface area contributed by atoms with Crippen molar-refractivity contribution >= 4 is 0 Å². The molecule has 2 heterocycles. The van der Waals surface area contributed by atoms with Gasteiger partial charge in [0.1, 0.15) is 5.82 Å². The first kappa shape index (κ1) is 30.0. The van der Waals surface area contributed by atoms with Gasteiger partial charge in [-0.05, 0) is 62.5 Å². The van der Waals surface area contributed by atoms with Crippen LogP contribution in [0.2, 0.25) is 0 Å². The second-order valence-electron chi connectivity index (χ2n) is 9.89. The quantitative estimate of drug-likeness (QED) is 0.319. The normalized spacial score (nSPS) is 19.8. The molecule has 0 aliphatic carbocycles. The summed E-state index contributed by atoms with van der Waals surface area (Å²) in [4.78, 5) is 11.5. The maximum atomic E-state index is 13.7. The molecule has 1 aromatic heterocycles. The van der Waals surface area contributed by atoms with E-state index in [1.807, 2.05) is 23.9 Å². The standard InChI is InChI=1S/C27H29F7N4O2/c1-16(18-10-19(26(29,30)31)12-20(11-18)27(32,33)34)40-25-24(17-4-6-21(28)7-5-17)38(8-9-39-25)14-23-22(13-37(2)3)35-15-36-23/h4-7,10-12,15-16,24-25H,8-9,13-14H2,1-3H3,(H,35,36). The van der Waals surface area contributed by atoms with Gasteiger partial charge in [-0.1, -0.05) is 12.1 Å². The lowest BCUT2D eigenvalue weighted by atomic mass is 10.0. The van der Waals surface area contributed by atoms with Crippen molar-refractivity contribution in [1.29, 1.82) is 0 Å². The lowest BCUT2D eigenvalue weighted by molar-refractivity contribution is -0.231. The Morgan fingerprint density at radius 3 is 2.25 bits per heavy atom. The van der Waals surface area contributed by atoms with Crippen molar-refractivity contribution in [3.63, 3.8) is 0 Å². The van der Waals surface area contributed by atoms with Crippen LogP contribution in [-0.2, 0) is 34.9 Å². The van der Waals surface area contributed by atoms with Crippen LogP contribution < -0.4 is 0 Å². The number of imidazole rings is 1. The number of morpholine rings is 1. The number of ether oxygens (including phenoxy) is 2. The summed E-state index contributed by atoms with van der Waals surface area (Å²) < 4.78 is 106. The van der Waals surface area contributed by atoms with Gasteiger partial charge in [0.15, 0.2) is 6.29 Å². The SMILES string of the molecule is CC(OC1OCCN(Cc2nc[nH]c2CN(C)C)C1c1ccc(F)cc1)c1cc(C(F)(F)F)cc(C(F)(F)F)c1. The molecule has 1 N–H and O–H groups in total. The van der Waals surface area contributed by atoms with Gasteiger partial charge >= 0.3 is 12.4 Å². The summed E-state index contributed by atoms with van der Waals surface area (Å²) in [7, 11) is 3.81. The summed E-state index contributed by atoms with van der Waals surface area (Å²) in [6.07, 6.45) is -10.7. The lowest BCUT2D eigenvalue weighted by Crippen LogP contribution is -2.46. The molecule has 0 amide bonds. The lowest BCUT2D eigenvalue weighted by Gasteiger charge is -2.42. The van der Waals surface area contributed by atoms with Crippen molar-refractivity contribution < 1.29 is 40.2 Å². The third-order valence-electron chi connectivity index (χ3n) is 6.58. The van der Waals surface area contributed by atoms with Crippen molar-refractivity contribution in [3.05, 3.63) is 88.3 Å². The Balaban J connectivity index is 1.66. The highest BCUT2D eigenvalue weighted by Crippen LogP contribution is 2.40. The number of benzene rings is 2. The van der Waals surface area contributed by atoms with Gasteiger partial charge in [0.05, 0.1) is 47.6 Å². The average molecular weight is 575 g/mol. The van der Waals surface area contributed by atoms with E-state index in [-0.39, 0.29) is 18.2 Å². The molecule has 0 spiro atoms. The minimum absolute atomic E-state index is 0.0750. The number of hydrogen-bond donors (Lipinski definition) is 1. The highest BCUT2D eigenvalue weighted by molar-refractivity contribution is 5.35. The number of halogens is 7. The van der Waals surface area contributed by atoms with E-state index in [1.165, 1.54) is 19.1 Å². The minimum Gasteiger partial charge on any atom is -0.349 e. The fourth-order valence-corrected chi connectivity index (χ4v) is 4.63. The van der Waals surface area contributed by atoms with Crippen molar-refractivity contribution in [1.82, 2.24) is 19.8 Å². The van der Waals surface area contributed by atoms with E-state index in [0.29, 0.717) is 37.3 Å². The number of alkyl halides is 6.